The molecule has 0 spiro atoms. The number of benzene rings is 1. The van der Waals surface area contributed by atoms with Crippen LogP contribution in [-0.2, 0) is 29.0 Å². The molecule has 0 fully saturated rings. The molecule has 0 radical (unpaired) electrons. The van der Waals surface area contributed by atoms with Gasteiger partial charge in [-0.1, -0.05) is 30.3 Å². The monoisotopic (exact) mass is 385 g/mol. The Balaban J connectivity index is 1.51. The van der Waals surface area contributed by atoms with Crippen molar-refractivity contribution < 1.29 is 14.3 Å². The molecule has 2 amide bonds. The molecule has 2 heterocycles. The Bertz CT molecular complexity index is 826. The Morgan fingerprint density at radius 1 is 1.25 bits per heavy atom. The van der Waals surface area contributed by atoms with Crippen LogP contribution in [0.2, 0.25) is 0 Å². The van der Waals surface area contributed by atoms with E-state index in [4.69, 9.17) is 4.74 Å². The second-order valence-corrected chi connectivity index (χ2v) is 7.88. The summed E-state index contributed by atoms with van der Waals surface area (Å²) in [7, 11) is 0. The van der Waals surface area contributed by atoms with Gasteiger partial charge >= 0.3 is 6.09 Å². The van der Waals surface area contributed by atoms with Crippen LogP contribution in [-0.4, -0.2) is 45.8 Å². The number of nitrogens with zero attached hydrogens (tertiary/aromatic N) is 2. The lowest BCUT2D eigenvalue weighted by atomic mass is 10.1. The Labute approximate surface area is 164 Å². The fourth-order valence-corrected chi connectivity index (χ4v) is 3.10. The van der Waals surface area contributed by atoms with E-state index in [9.17, 15) is 9.59 Å². The van der Waals surface area contributed by atoms with Gasteiger partial charge in [0.15, 0.2) is 5.82 Å². The third kappa shape index (κ3) is 5.56. The molecule has 0 unspecified atom stereocenters. The summed E-state index contributed by atoms with van der Waals surface area (Å²) in [4.78, 5) is 26.1. The van der Waals surface area contributed by atoms with Gasteiger partial charge in [0.2, 0.25) is 5.91 Å². The Kier molecular flexibility index (Phi) is 5.99. The van der Waals surface area contributed by atoms with Crippen molar-refractivity contribution in [3.05, 3.63) is 47.2 Å². The van der Waals surface area contributed by atoms with Crippen LogP contribution in [0.3, 0.4) is 0 Å². The largest absolute Gasteiger partial charge is 0.444 e. The van der Waals surface area contributed by atoms with E-state index in [0.29, 0.717) is 5.82 Å². The molecule has 150 valence electrons. The zero-order valence-corrected chi connectivity index (χ0v) is 16.5. The number of H-pyrrole nitrogens is 1. The van der Waals surface area contributed by atoms with E-state index < -0.39 is 11.7 Å². The van der Waals surface area contributed by atoms with E-state index >= 15 is 0 Å². The molecule has 0 atom stereocenters. The fraction of sp³-hybridized carbons (Fsp3) is 0.450. The number of alkyl carbamates (subject to hydrolysis) is 1. The first-order chi connectivity index (χ1) is 13.3. The molecule has 2 aromatic rings. The summed E-state index contributed by atoms with van der Waals surface area (Å²) in [6, 6.07) is 10.3. The lowest BCUT2D eigenvalue weighted by molar-refractivity contribution is -0.115. The van der Waals surface area contributed by atoms with Gasteiger partial charge in [-0.2, -0.15) is 5.10 Å². The van der Waals surface area contributed by atoms with Crippen molar-refractivity contribution >= 4 is 17.8 Å². The van der Waals surface area contributed by atoms with Gasteiger partial charge in [0.1, 0.15) is 12.1 Å². The van der Waals surface area contributed by atoms with Gasteiger partial charge in [-0.05, 0) is 32.8 Å². The zero-order chi connectivity index (χ0) is 20.1. The summed E-state index contributed by atoms with van der Waals surface area (Å²) in [5.74, 6) is 0.192. The normalized spacial score (nSPS) is 14.2. The number of aromatic nitrogens is 2. The second-order valence-electron chi connectivity index (χ2n) is 7.88. The highest BCUT2D eigenvalue weighted by Gasteiger charge is 2.23. The van der Waals surface area contributed by atoms with Crippen LogP contribution >= 0.6 is 0 Å². The van der Waals surface area contributed by atoms with Crippen LogP contribution in [0.5, 0.6) is 0 Å². The van der Waals surface area contributed by atoms with E-state index in [1.807, 2.05) is 18.2 Å². The van der Waals surface area contributed by atoms with Crippen molar-refractivity contribution in [2.75, 3.05) is 18.4 Å². The fourth-order valence-electron chi connectivity index (χ4n) is 3.10. The minimum Gasteiger partial charge on any atom is -0.444 e. The maximum absolute atomic E-state index is 12.1. The maximum Gasteiger partial charge on any atom is 0.408 e. The Morgan fingerprint density at radius 3 is 2.71 bits per heavy atom. The summed E-state index contributed by atoms with van der Waals surface area (Å²) in [5, 5.41) is 12.5. The summed E-state index contributed by atoms with van der Waals surface area (Å²) >= 11 is 0. The summed E-state index contributed by atoms with van der Waals surface area (Å²) in [6.45, 7) is 7.65. The quantitative estimate of drug-likeness (QED) is 0.734. The molecule has 0 saturated heterocycles. The molecule has 1 aromatic heterocycles. The molecule has 3 rings (SSSR count). The van der Waals surface area contributed by atoms with Crippen LogP contribution < -0.4 is 10.6 Å². The summed E-state index contributed by atoms with van der Waals surface area (Å²) in [5.41, 5.74) is 2.70. The number of rotatable bonds is 5. The molecule has 8 nitrogen and oxygen atoms in total. The van der Waals surface area contributed by atoms with E-state index in [0.717, 1.165) is 37.3 Å². The van der Waals surface area contributed by atoms with Crippen molar-refractivity contribution in [1.29, 1.82) is 0 Å². The average Bonchev–Trinajstić information content (AvgIpc) is 3.01. The first kappa shape index (κ1) is 19.9. The molecular weight excluding hydrogens is 358 g/mol. The van der Waals surface area contributed by atoms with E-state index in [1.165, 1.54) is 5.56 Å². The molecule has 1 aromatic carbocycles. The first-order valence-corrected chi connectivity index (χ1v) is 9.39. The summed E-state index contributed by atoms with van der Waals surface area (Å²) in [6.07, 6.45) is 0.177. The number of amides is 2. The molecule has 3 N–H and O–H groups in total. The molecule has 1 aliphatic heterocycles. The minimum absolute atomic E-state index is 0.170. The molecule has 0 aliphatic carbocycles. The van der Waals surface area contributed by atoms with Gasteiger partial charge in [0.25, 0.3) is 0 Å². The van der Waals surface area contributed by atoms with Gasteiger partial charge in [0, 0.05) is 25.2 Å². The number of hydrogen-bond donors (Lipinski definition) is 3. The van der Waals surface area contributed by atoms with Crippen LogP contribution in [0.15, 0.2) is 30.3 Å². The van der Waals surface area contributed by atoms with Crippen molar-refractivity contribution in [2.24, 2.45) is 0 Å². The number of ether oxygens (including phenoxy) is 1. The number of anilines is 1. The van der Waals surface area contributed by atoms with E-state index in [2.05, 4.69) is 37.9 Å². The number of aromatic amines is 1. The number of hydrogen-bond acceptors (Lipinski definition) is 5. The Morgan fingerprint density at radius 2 is 2.00 bits per heavy atom. The molecule has 0 saturated carbocycles. The maximum atomic E-state index is 12.1. The van der Waals surface area contributed by atoms with Crippen molar-refractivity contribution in [3.63, 3.8) is 0 Å². The number of carbonyl (C=O) groups excluding carboxylic acids is 2. The Hall–Kier alpha value is -2.87. The standard InChI is InChI=1S/C20H27N5O3/c1-20(2,3)28-19(27)21-11-17(26)22-18-15-9-10-25(13-16(15)23-24-18)12-14-7-5-4-6-8-14/h4-8H,9-13H2,1-3H3,(H,21,27)(H2,22,23,24,26). The van der Waals surface area contributed by atoms with Gasteiger partial charge in [-0.25, -0.2) is 4.79 Å². The van der Waals surface area contributed by atoms with Gasteiger partial charge < -0.3 is 15.4 Å². The van der Waals surface area contributed by atoms with Crippen LogP contribution in [0.4, 0.5) is 10.6 Å². The highest BCUT2D eigenvalue weighted by atomic mass is 16.6. The van der Waals surface area contributed by atoms with Gasteiger partial charge in [-0.15, -0.1) is 0 Å². The van der Waals surface area contributed by atoms with Crippen LogP contribution in [0.1, 0.15) is 37.6 Å². The predicted molar refractivity (Wildman–Crippen MR) is 106 cm³/mol. The smallest absolute Gasteiger partial charge is 0.408 e. The van der Waals surface area contributed by atoms with E-state index in [-0.39, 0.29) is 12.5 Å². The molecular formula is C20H27N5O3. The molecule has 0 bridgehead atoms. The minimum atomic E-state index is -0.622. The topological polar surface area (TPSA) is 99.3 Å². The van der Waals surface area contributed by atoms with Crippen LogP contribution in [0.25, 0.3) is 0 Å². The van der Waals surface area contributed by atoms with Crippen molar-refractivity contribution in [2.45, 2.75) is 45.9 Å². The SMILES string of the molecule is CC(C)(C)OC(=O)NCC(=O)Nc1n[nH]c2c1CCN(Cc1ccccc1)C2. The highest BCUT2D eigenvalue weighted by Crippen LogP contribution is 2.24. The lowest BCUT2D eigenvalue weighted by Crippen LogP contribution is -2.37. The molecule has 28 heavy (non-hydrogen) atoms. The predicted octanol–water partition coefficient (Wildman–Crippen LogP) is 2.43. The average molecular weight is 385 g/mol. The third-order valence-electron chi connectivity index (χ3n) is 4.31. The first-order valence-electron chi connectivity index (χ1n) is 9.39. The van der Waals surface area contributed by atoms with Crippen molar-refractivity contribution in [1.82, 2.24) is 20.4 Å². The van der Waals surface area contributed by atoms with Crippen molar-refractivity contribution in [3.8, 4) is 0 Å². The lowest BCUT2D eigenvalue weighted by Gasteiger charge is -2.26. The highest BCUT2D eigenvalue weighted by molar-refractivity contribution is 5.93. The number of carbonyl (C=O) groups is 2. The van der Waals surface area contributed by atoms with Gasteiger partial charge in [0.05, 0.1) is 5.69 Å². The number of nitrogens with one attached hydrogen (secondary N) is 3. The van der Waals surface area contributed by atoms with E-state index in [1.54, 1.807) is 20.8 Å². The summed E-state index contributed by atoms with van der Waals surface area (Å²) < 4.78 is 5.12. The van der Waals surface area contributed by atoms with Crippen LogP contribution in [0, 0.1) is 0 Å². The third-order valence-corrected chi connectivity index (χ3v) is 4.31. The zero-order valence-electron chi connectivity index (χ0n) is 16.5. The molecule has 8 heteroatoms. The number of fused-ring (bicyclic) bond motifs is 1. The van der Waals surface area contributed by atoms with Gasteiger partial charge in [-0.3, -0.25) is 14.8 Å². The second kappa shape index (κ2) is 8.43. The molecule has 1 aliphatic rings.